The minimum absolute atomic E-state index is 0.190. The van der Waals surface area contributed by atoms with Gasteiger partial charge in [0.15, 0.2) is 0 Å². The zero-order chi connectivity index (χ0) is 25.5. The molecule has 182 valence electrons. The van der Waals surface area contributed by atoms with E-state index in [0.29, 0.717) is 32.0 Å². The zero-order valence-electron chi connectivity index (χ0n) is 20.6. The molecule has 0 N–H and O–H groups in total. The first-order valence-corrected chi connectivity index (χ1v) is 13.8. The summed E-state index contributed by atoms with van der Waals surface area (Å²) >= 11 is 0.371. The van der Waals surface area contributed by atoms with Crippen LogP contribution in [0.25, 0.3) is 22.6 Å². The molecule has 4 rings (SSSR count). The van der Waals surface area contributed by atoms with Gasteiger partial charge in [0.25, 0.3) is 0 Å². The van der Waals surface area contributed by atoms with Crippen molar-refractivity contribution in [2.75, 3.05) is 20.6 Å². The van der Waals surface area contributed by atoms with Gasteiger partial charge >= 0.3 is 177 Å². The molecule has 0 amide bonds. The van der Waals surface area contributed by atoms with E-state index in [2.05, 4.69) is 40.1 Å². The van der Waals surface area contributed by atoms with Crippen LogP contribution < -0.4 is 10.0 Å². The summed E-state index contributed by atoms with van der Waals surface area (Å²) in [6.07, 6.45) is 5.03. The fourth-order valence-electron chi connectivity index (χ4n) is 3.79. The molecule has 4 aromatic rings. The zero-order valence-corrected chi connectivity index (χ0v) is 22.3. The van der Waals surface area contributed by atoms with E-state index in [4.69, 9.17) is 0 Å². The summed E-state index contributed by atoms with van der Waals surface area (Å²) < 4.78 is 2.68. The number of aromatic nitrogens is 4. The summed E-state index contributed by atoms with van der Waals surface area (Å²) in [5.74, 6) is 0.666. The molecule has 2 aromatic carbocycles. The molecule has 0 unspecified atom stereocenters. The van der Waals surface area contributed by atoms with E-state index in [1.807, 2.05) is 55.7 Å². The van der Waals surface area contributed by atoms with Gasteiger partial charge in [-0.2, -0.15) is 5.26 Å². The van der Waals surface area contributed by atoms with E-state index in [-0.39, 0.29) is 11.6 Å². The molecule has 7 nitrogen and oxygen atoms in total. The SMILES string of the molecule is C[C@H](c1cccc(-c2ncc([Se]CCCN(C)C)cn2)c1)n1nc(-c2cccc(C#N)c2)ccc1=O. The second-order valence-electron chi connectivity index (χ2n) is 8.74. The van der Waals surface area contributed by atoms with Crippen LogP contribution in [0.1, 0.15) is 30.5 Å². The number of hydrogen-bond donors (Lipinski definition) is 0. The van der Waals surface area contributed by atoms with Gasteiger partial charge in [-0.15, -0.1) is 0 Å². The van der Waals surface area contributed by atoms with Gasteiger partial charge in [-0.25, -0.2) is 0 Å². The quantitative estimate of drug-likeness (QED) is 0.237. The van der Waals surface area contributed by atoms with Crippen LogP contribution in [-0.4, -0.2) is 60.2 Å². The first-order chi connectivity index (χ1) is 17.4. The average molecular weight is 544 g/mol. The van der Waals surface area contributed by atoms with Crippen molar-refractivity contribution in [1.82, 2.24) is 24.6 Å². The summed E-state index contributed by atoms with van der Waals surface area (Å²) in [6.45, 7) is 3.04. The van der Waals surface area contributed by atoms with Gasteiger partial charge in [-0.1, -0.05) is 12.1 Å². The Hall–Kier alpha value is -3.63. The fraction of sp³-hybridized carbons (Fsp3) is 0.250. The standard InChI is InChI=1S/C28H28N6OSe/c1-20(34-27(35)12-11-26(32-34)23-9-4-7-21(15-23)17-29)22-8-5-10-24(16-22)28-30-18-25(19-31-28)36-14-6-13-33(2)3/h4-5,7-12,15-16,18-20H,6,13-14H2,1-3H3/t20-/m1/s1. The topological polar surface area (TPSA) is 87.7 Å². The van der Waals surface area contributed by atoms with Crippen molar-refractivity contribution in [2.24, 2.45) is 0 Å². The number of nitrogens with zero attached hydrogens (tertiary/aromatic N) is 6. The van der Waals surface area contributed by atoms with Crippen LogP contribution in [0.2, 0.25) is 5.32 Å². The molecule has 0 radical (unpaired) electrons. The molecule has 0 bridgehead atoms. The Morgan fingerprint density at radius 2 is 1.78 bits per heavy atom. The van der Waals surface area contributed by atoms with Crippen LogP contribution in [0, 0.1) is 11.3 Å². The first-order valence-electron chi connectivity index (χ1n) is 11.7. The average Bonchev–Trinajstić information content (AvgIpc) is 2.91. The third-order valence-electron chi connectivity index (χ3n) is 5.75. The van der Waals surface area contributed by atoms with Crippen LogP contribution in [0.15, 0.2) is 77.9 Å². The van der Waals surface area contributed by atoms with Crippen LogP contribution >= 0.6 is 0 Å². The molecular formula is C28H28N6OSe. The minimum atomic E-state index is -0.296. The summed E-state index contributed by atoms with van der Waals surface area (Å²) in [7, 11) is 4.19. The van der Waals surface area contributed by atoms with Crippen LogP contribution in [0.4, 0.5) is 0 Å². The molecular weight excluding hydrogens is 515 g/mol. The van der Waals surface area contributed by atoms with Crippen molar-refractivity contribution in [2.45, 2.75) is 24.7 Å². The van der Waals surface area contributed by atoms with E-state index < -0.39 is 0 Å². The Morgan fingerprint density at radius 3 is 2.53 bits per heavy atom. The second-order valence-corrected chi connectivity index (χ2v) is 11.2. The van der Waals surface area contributed by atoms with Gasteiger partial charge in [-0.3, -0.25) is 0 Å². The second kappa shape index (κ2) is 11.9. The molecule has 2 aromatic heterocycles. The van der Waals surface area contributed by atoms with Gasteiger partial charge in [0.05, 0.1) is 11.6 Å². The van der Waals surface area contributed by atoms with Crippen molar-refractivity contribution in [1.29, 1.82) is 5.26 Å². The molecule has 0 spiro atoms. The van der Waals surface area contributed by atoms with Crippen LogP contribution in [0.3, 0.4) is 0 Å². The molecule has 8 heteroatoms. The summed E-state index contributed by atoms with van der Waals surface area (Å²) in [5.41, 5.74) is 3.63. The molecule has 0 aliphatic heterocycles. The predicted octanol–water partition coefficient (Wildman–Crippen LogP) is 3.55. The third kappa shape index (κ3) is 6.32. The van der Waals surface area contributed by atoms with Crippen molar-refractivity contribution in [3.8, 4) is 28.7 Å². The van der Waals surface area contributed by atoms with E-state index >= 15 is 0 Å². The Morgan fingerprint density at radius 1 is 1.03 bits per heavy atom. The molecule has 0 aliphatic carbocycles. The normalized spacial score (nSPS) is 11.9. The van der Waals surface area contributed by atoms with Crippen LogP contribution in [0.5, 0.6) is 0 Å². The molecule has 0 saturated heterocycles. The first kappa shape index (κ1) is 25.5. The number of nitriles is 1. The van der Waals surface area contributed by atoms with E-state index in [1.165, 1.54) is 27.0 Å². The molecule has 0 aliphatic rings. The van der Waals surface area contributed by atoms with Crippen molar-refractivity contribution < 1.29 is 0 Å². The van der Waals surface area contributed by atoms with Gasteiger partial charge in [0, 0.05) is 0 Å². The maximum atomic E-state index is 12.7. The maximum absolute atomic E-state index is 12.7. The fourth-order valence-corrected chi connectivity index (χ4v) is 5.40. The van der Waals surface area contributed by atoms with Gasteiger partial charge < -0.3 is 0 Å². The Kier molecular flexibility index (Phi) is 8.40. The van der Waals surface area contributed by atoms with Gasteiger partial charge in [0.2, 0.25) is 0 Å². The van der Waals surface area contributed by atoms with E-state index in [9.17, 15) is 10.1 Å². The molecule has 0 fully saturated rings. The van der Waals surface area contributed by atoms with Crippen molar-refractivity contribution >= 4 is 19.4 Å². The summed E-state index contributed by atoms with van der Waals surface area (Å²) in [6, 6.07) is 20.2. The Balaban J connectivity index is 1.54. The van der Waals surface area contributed by atoms with Crippen molar-refractivity contribution in [3.05, 3.63) is 94.5 Å². The number of hydrogen-bond acceptors (Lipinski definition) is 6. The Labute approximate surface area is 217 Å². The molecule has 0 saturated carbocycles. The van der Waals surface area contributed by atoms with Gasteiger partial charge in [0.1, 0.15) is 0 Å². The molecule has 36 heavy (non-hydrogen) atoms. The molecule has 1 atom stereocenters. The summed E-state index contributed by atoms with van der Waals surface area (Å²) in [4.78, 5) is 24.1. The van der Waals surface area contributed by atoms with E-state index in [1.54, 1.807) is 18.2 Å². The van der Waals surface area contributed by atoms with Crippen molar-refractivity contribution in [3.63, 3.8) is 0 Å². The number of benzene rings is 2. The van der Waals surface area contributed by atoms with E-state index in [0.717, 1.165) is 23.2 Å². The molecule has 2 heterocycles. The third-order valence-corrected chi connectivity index (χ3v) is 7.93. The summed E-state index contributed by atoms with van der Waals surface area (Å²) in [5, 5.41) is 15.0. The monoisotopic (exact) mass is 544 g/mol. The van der Waals surface area contributed by atoms with Gasteiger partial charge in [-0.05, 0) is 12.1 Å². The Bertz CT molecular complexity index is 1430. The number of rotatable bonds is 9. The van der Waals surface area contributed by atoms with Crippen LogP contribution in [-0.2, 0) is 0 Å². The predicted molar refractivity (Wildman–Crippen MR) is 143 cm³/mol.